The fourth-order valence-electron chi connectivity index (χ4n) is 1.72. The predicted octanol–water partition coefficient (Wildman–Crippen LogP) is 2.65. The summed E-state index contributed by atoms with van der Waals surface area (Å²) in [5.41, 5.74) is 1.15. The number of aromatic nitrogens is 1. The van der Waals surface area contributed by atoms with E-state index in [2.05, 4.69) is 41.3 Å². The largest absolute Gasteiger partial charge is 0.312 e. The molecule has 1 aromatic rings. The van der Waals surface area contributed by atoms with Gasteiger partial charge in [-0.25, -0.2) is 4.98 Å². The lowest BCUT2D eigenvalue weighted by Crippen LogP contribution is -2.31. The average Bonchev–Trinajstić information content (AvgIpc) is 2.84. The SMILES string of the molecule is Cc1csc(C(C)CNC2CCSC2)n1. The highest BCUT2D eigenvalue weighted by Gasteiger charge is 2.16. The fraction of sp³-hybridized carbons (Fsp3) is 0.727. The third-order valence-electron chi connectivity index (χ3n) is 2.70. The van der Waals surface area contributed by atoms with Gasteiger partial charge in [0.2, 0.25) is 0 Å². The minimum atomic E-state index is 0.550. The van der Waals surface area contributed by atoms with E-state index in [0.29, 0.717) is 5.92 Å². The lowest BCUT2D eigenvalue weighted by Gasteiger charge is -2.14. The molecule has 0 amide bonds. The first kappa shape index (κ1) is 11.4. The van der Waals surface area contributed by atoms with E-state index in [1.165, 1.54) is 22.9 Å². The Balaban J connectivity index is 1.79. The van der Waals surface area contributed by atoms with E-state index in [-0.39, 0.29) is 0 Å². The highest BCUT2D eigenvalue weighted by molar-refractivity contribution is 7.99. The summed E-state index contributed by atoms with van der Waals surface area (Å²) in [5.74, 6) is 3.15. The van der Waals surface area contributed by atoms with Gasteiger partial charge in [0.1, 0.15) is 0 Å². The van der Waals surface area contributed by atoms with Crippen LogP contribution in [0.15, 0.2) is 5.38 Å². The summed E-state index contributed by atoms with van der Waals surface area (Å²) >= 11 is 3.84. The number of nitrogens with zero attached hydrogens (tertiary/aromatic N) is 1. The minimum Gasteiger partial charge on any atom is -0.312 e. The molecule has 15 heavy (non-hydrogen) atoms. The smallest absolute Gasteiger partial charge is 0.0969 e. The number of thioether (sulfide) groups is 1. The zero-order chi connectivity index (χ0) is 10.7. The molecule has 2 nitrogen and oxygen atoms in total. The number of nitrogens with one attached hydrogen (secondary N) is 1. The second kappa shape index (κ2) is 5.32. The van der Waals surface area contributed by atoms with Crippen molar-refractivity contribution in [2.24, 2.45) is 0 Å². The van der Waals surface area contributed by atoms with Crippen LogP contribution in [0.3, 0.4) is 0 Å². The summed E-state index contributed by atoms with van der Waals surface area (Å²) in [6, 6.07) is 0.735. The van der Waals surface area contributed by atoms with E-state index < -0.39 is 0 Å². The maximum Gasteiger partial charge on any atom is 0.0969 e. The van der Waals surface area contributed by atoms with E-state index in [1.807, 2.05) is 0 Å². The van der Waals surface area contributed by atoms with Gasteiger partial charge in [0, 0.05) is 35.3 Å². The Kier molecular flexibility index (Phi) is 4.05. The van der Waals surface area contributed by atoms with Crippen LogP contribution in [0.4, 0.5) is 0 Å². The second-order valence-electron chi connectivity index (χ2n) is 4.20. The zero-order valence-electron chi connectivity index (χ0n) is 9.32. The van der Waals surface area contributed by atoms with Crippen molar-refractivity contribution in [3.8, 4) is 0 Å². The standard InChI is InChI=1S/C11H18N2S2/c1-8(11-13-9(2)6-15-11)5-12-10-3-4-14-7-10/h6,8,10,12H,3-5,7H2,1-2H3. The van der Waals surface area contributed by atoms with Gasteiger partial charge in [0.15, 0.2) is 0 Å². The monoisotopic (exact) mass is 242 g/mol. The maximum atomic E-state index is 4.53. The van der Waals surface area contributed by atoms with Crippen molar-refractivity contribution in [1.29, 1.82) is 0 Å². The Morgan fingerprint density at radius 2 is 2.53 bits per heavy atom. The third-order valence-corrected chi connectivity index (χ3v) is 5.06. The summed E-state index contributed by atoms with van der Waals surface area (Å²) < 4.78 is 0. The fourth-order valence-corrected chi connectivity index (χ4v) is 3.77. The van der Waals surface area contributed by atoms with Crippen molar-refractivity contribution < 1.29 is 0 Å². The highest BCUT2D eigenvalue weighted by atomic mass is 32.2. The summed E-state index contributed by atoms with van der Waals surface area (Å²) in [6.45, 7) is 5.39. The summed E-state index contributed by atoms with van der Waals surface area (Å²) in [4.78, 5) is 4.53. The van der Waals surface area contributed by atoms with Gasteiger partial charge in [0.05, 0.1) is 5.01 Å². The van der Waals surface area contributed by atoms with Crippen molar-refractivity contribution in [3.63, 3.8) is 0 Å². The summed E-state index contributed by atoms with van der Waals surface area (Å²) in [7, 11) is 0. The number of hydrogen-bond donors (Lipinski definition) is 1. The topological polar surface area (TPSA) is 24.9 Å². The third kappa shape index (κ3) is 3.20. The Bertz CT molecular complexity index is 305. The molecule has 1 aliphatic rings. The molecule has 2 heterocycles. The molecule has 0 spiro atoms. The molecule has 0 aromatic carbocycles. The molecule has 84 valence electrons. The van der Waals surface area contributed by atoms with Crippen LogP contribution in [0.25, 0.3) is 0 Å². The van der Waals surface area contributed by atoms with Crippen LogP contribution in [-0.2, 0) is 0 Å². The van der Waals surface area contributed by atoms with E-state index in [1.54, 1.807) is 11.3 Å². The molecule has 1 fully saturated rings. The first-order valence-electron chi connectivity index (χ1n) is 5.49. The predicted molar refractivity (Wildman–Crippen MR) is 69.0 cm³/mol. The van der Waals surface area contributed by atoms with Crippen LogP contribution in [-0.4, -0.2) is 29.1 Å². The van der Waals surface area contributed by atoms with Gasteiger partial charge in [-0.05, 0) is 19.1 Å². The Labute approximate surface area is 99.9 Å². The quantitative estimate of drug-likeness (QED) is 0.878. The molecule has 1 aromatic heterocycles. The molecule has 1 saturated heterocycles. The molecule has 4 heteroatoms. The summed E-state index contributed by atoms with van der Waals surface area (Å²) in [5, 5.41) is 7.04. The molecule has 2 rings (SSSR count). The van der Waals surface area contributed by atoms with Crippen LogP contribution in [0.2, 0.25) is 0 Å². The lowest BCUT2D eigenvalue weighted by atomic mass is 10.1. The Morgan fingerprint density at radius 1 is 1.67 bits per heavy atom. The lowest BCUT2D eigenvalue weighted by molar-refractivity contribution is 0.525. The maximum absolute atomic E-state index is 4.53. The van der Waals surface area contributed by atoms with Crippen molar-refractivity contribution >= 4 is 23.1 Å². The van der Waals surface area contributed by atoms with Crippen molar-refractivity contribution in [3.05, 3.63) is 16.1 Å². The van der Waals surface area contributed by atoms with Crippen molar-refractivity contribution in [1.82, 2.24) is 10.3 Å². The van der Waals surface area contributed by atoms with Gasteiger partial charge < -0.3 is 5.32 Å². The molecule has 1 aliphatic heterocycles. The van der Waals surface area contributed by atoms with Gasteiger partial charge in [0.25, 0.3) is 0 Å². The normalized spacial score (nSPS) is 23.2. The van der Waals surface area contributed by atoms with Crippen LogP contribution < -0.4 is 5.32 Å². The number of rotatable bonds is 4. The average molecular weight is 242 g/mol. The van der Waals surface area contributed by atoms with Gasteiger partial charge in [-0.3, -0.25) is 0 Å². The molecule has 0 aliphatic carbocycles. The molecular weight excluding hydrogens is 224 g/mol. The second-order valence-corrected chi connectivity index (χ2v) is 6.24. The number of hydrogen-bond acceptors (Lipinski definition) is 4. The van der Waals surface area contributed by atoms with Gasteiger partial charge in [-0.1, -0.05) is 6.92 Å². The van der Waals surface area contributed by atoms with Crippen LogP contribution >= 0.6 is 23.1 Å². The summed E-state index contributed by atoms with van der Waals surface area (Å²) in [6.07, 6.45) is 1.33. The van der Waals surface area contributed by atoms with Gasteiger partial charge in [-0.2, -0.15) is 11.8 Å². The van der Waals surface area contributed by atoms with E-state index in [4.69, 9.17) is 0 Å². The van der Waals surface area contributed by atoms with E-state index >= 15 is 0 Å². The first-order chi connectivity index (χ1) is 7.25. The van der Waals surface area contributed by atoms with Gasteiger partial charge >= 0.3 is 0 Å². The minimum absolute atomic E-state index is 0.550. The number of thiazole rings is 1. The van der Waals surface area contributed by atoms with Gasteiger partial charge in [-0.15, -0.1) is 11.3 Å². The van der Waals surface area contributed by atoms with Crippen molar-refractivity contribution in [2.75, 3.05) is 18.1 Å². The zero-order valence-corrected chi connectivity index (χ0v) is 11.0. The molecule has 2 unspecified atom stereocenters. The molecule has 0 radical (unpaired) electrons. The molecular formula is C11H18N2S2. The van der Waals surface area contributed by atoms with Crippen molar-refractivity contribution in [2.45, 2.75) is 32.2 Å². The Hall–Kier alpha value is -0.0600. The van der Waals surface area contributed by atoms with Crippen LogP contribution in [0, 0.1) is 6.92 Å². The number of aryl methyl sites for hydroxylation is 1. The van der Waals surface area contributed by atoms with Crippen LogP contribution in [0.5, 0.6) is 0 Å². The van der Waals surface area contributed by atoms with E-state index in [0.717, 1.165) is 18.3 Å². The Morgan fingerprint density at radius 3 is 3.13 bits per heavy atom. The molecule has 1 N–H and O–H groups in total. The molecule has 0 bridgehead atoms. The molecule has 2 atom stereocenters. The molecule has 0 saturated carbocycles. The van der Waals surface area contributed by atoms with E-state index in [9.17, 15) is 0 Å². The highest BCUT2D eigenvalue weighted by Crippen LogP contribution is 2.21. The van der Waals surface area contributed by atoms with Crippen LogP contribution in [0.1, 0.15) is 30.0 Å². The first-order valence-corrected chi connectivity index (χ1v) is 7.52.